The van der Waals surface area contributed by atoms with Crippen molar-refractivity contribution in [3.05, 3.63) is 24.3 Å². The van der Waals surface area contributed by atoms with Crippen molar-refractivity contribution in [1.82, 2.24) is 5.32 Å². The van der Waals surface area contributed by atoms with Gasteiger partial charge in [0.2, 0.25) is 5.91 Å². The van der Waals surface area contributed by atoms with Gasteiger partial charge >= 0.3 is 0 Å². The molecule has 0 aliphatic carbocycles. The molecule has 9 heteroatoms. The van der Waals surface area contributed by atoms with Crippen LogP contribution < -0.4 is 5.32 Å². The number of carbonyl (C=O) groups is 1. The molecule has 480 valence electrons. The van der Waals surface area contributed by atoms with Crippen molar-refractivity contribution >= 4 is 5.91 Å². The second-order valence-electron chi connectivity index (χ2n) is 25.4. The summed E-state index contributed by atoms with van der Waals surface area (Å²) in [6.07, 6.45) is 74.5. The molecular weight excluding hydrogens is 1010 g/mol. The van der Waals surface area contributed by atoms with Crippen molar-refractivity contribution < 1.29 is 39.8 Å². The van der Waals surface area contributed by atoms with Gasteiger partial charge in [0.15, 0.2) is 6.29 Å². The first-order valence-electron chi connectivity index (χ1n) is 36.1. The van der Waals surface area contributed by atoms with Crippen LogP contribution in [0.4, 0.5) is 0 Å². The first-order valence-corrected chi connectivity index (χ1v) is 36.1. The summed E-state index contributed by atoms with van der Waals surface area (Å²) in [5.41, 5.74) is 0. The van der Waals surface area contributed by atoms with Crippen LogP contribution in [0.1, 0.15) is 373 Å². The number of rotatable bonds is 64. The lowest BCUT2D eigenvalue weighted by molar-refractivity contribution is -0.302. The fourth-order valence-electron chi connectivity index (χ4n) is 11.9. The third-order valence-corrected chi connectivity index (χ3v) is 17.5. The van der Waals surface area contributed by atoms with Gasteiger partial charge in [0, 0.05) is 6.42 Å². The van der Waals surface area contributed by atoms with E-state index >= 15 is 0 Å². The van der Waals surface area contributed by atoms with Gasteiger partial charge in [-0.05, 0) is 32.1 Å². The van der Waals surface area contributed by atoms with Crippen LogP contribution in [0.5, 0.6) is 0 Å². The molecule has 7 unspecified atom stereocenters. The third-order valence-electron chi connectivity index (χ3n) is 17.5. The van der Waals surface area contributed by atoms with Crippen LogP contribution >= 0.6 is 0 Å². The monoisotopic (exact) mass is 1150 g/mol. The molecule has 6 N–H and O–H groups in total. The average Bonchev–Trinajstić information content (AvgIpc) is 3.51. The van der Waals surface area contributed by atoms with E-state index in [1.807, 2.05) is 6.08 Å². The normalized spacial score (nSPS) is 18.4. The van der Waals surface area contributed by atoms with Gasteiger partial charge in [-0.1, -0.05) is 359 Å². The molecule has 1 rings (SSSR count). The SMILES string of the molecule is CCCCCCCCCCCCCCCCCCCCCCCCCCCC/C=C/CC/C=C/C(O)C(COC1OC(CO)C(O)C(O)C1O)NC(=O)CCCCCCCCCCCCCCCCCCCCCCCCCCCC. The van der Waals surface area contributed by atoms with E-state index in [4.69, 9.17) is 9.47 Å². The van der Waals surface area contributed by atoms with Crippen molar-refractivity contribution in [3.63, 3.8) is 0 Å². The van der Waals surface area contributed by atoms with Crippen molar-refractivity contribution in [2.45, 2.75) is 416 Å². The van der Waals surface area contributed by atoms with Crippen molar-refractivity contribution in [3.8, 4) is 0 Å². The maximum Gasteiger partial charge on any atom is 0.220 e. The molecule has 1 amide bonds. The highest BCUT2D eigenvalue weighted by Crippen LogP contribution is 2.24. The quantitative estimate of drug-likeness (QED) is 0.0261. The van der Waals surface area contributed by atoms with Gasteiger partial charge in [0.25, 0.3) is 0 Å². The molecular formula is C72H139NO8. The number of amides is 1. The van der Waals surface area contributed by atoms with Crippen LogP contribution in [-0.4, -0.2) is 87.5 Å². The molecule has 0 aromatic carbocycles. The molecule has 0 saturated carbocycles. The topological polar surface area (TPSA) is 149 Å². The van der Waals surface area contributed by atoms with Crippen LogP contribution in [0.25, 0.3) is 0 Å². The van der Waals surface area contributed by atoms with E-state index in [-0.39, 0.29) is 12.5 Å². The number of nitrogens with one attached hydrogen (secondary N) is 1. The predicted octanol–water partition coefficient (Wildman–Crippen LogP) is 19.6. The Morgan fingerprint density at radius 3 is 1.04 bits per heavy atom. The van der Waals surface area contributed by atoms with E-state index in [0.29, 0.717) is 6.42 Å². The Morgan fingerprint density at radius 2 is 0.704 bits per heavy atom. The van der Waals surface area contributed by atoms with Gasteiger partial charge in [-0.15, -0.1) is 0 Å². The third kappa shape index (κ3) is 50.5. The van der Waals surface area contributed by atoms with E-state index in [2.05, 4.69) is 31.3 Å². The summed E-state index contributed by atoms with van der Waals surface area (Å²) in [7, 11) is 0. The maximum absolute atomic E-state index is 13.1. The van der Waals surface area contributed by atoms with Crippen LogP contribution in [0.15, 0.2) is 24.3 Å². The Morgan fingerprint density at radius 1 is 0.407 bits per heavy atom. The summed E-state index contributed by atoms with van der Waals surface area (Å²) in [5.74, 6) is -0.178. The van der Waals surface area contributed by atoms with Crippen LogP contribution in [0.3, 0.4) is 0 Å². The lowest BCUT2D eigenvalue weighted by Gasteiger charge is -2.40. The van der Waals surface area contributed by atoms with E-state index in [0.717, 1.165) is 38.5 Å². The Kier molecular flexibility index (Phi) is 59.2. The second-order valence-corrected chi connectivity index (χ2v) is 25.4. The van der Waals surface area contributed by atoms with E-state index in [9.17, 15) is 30.3 Å². The number of aliphatic hydroxyl groups excluding tert-OH is 5. The number of aliphatic hydroxyl groups is 5. The highest BCUT2D eigenvalue weighted by Gasteiger charge is 2.44. The molecule has 81 heavy (non-hydrogen) atoms. The Bertz CT molecular complexity index is 1330. The van der Waals surface area contributed by atoms with Gasteiger partial charge in [-0.25, -0.2) is 0 Å². The van der Waals surface area contributed by atoms with Gasteiger partial charge in [0.05, 0.1) is 25.4 Å². The molecule has 1 heterocycles. The lowest BCUT2D eigenvalue weighted by Crippen LogP contribution is -2.60. The van der Waals surface area contributed by atoms with Crippen molar-refractivity contribution in [2.75, 3.05) is 13.2 Å². The minimum absolute atomic E-state index is 0.178. The molecule has 1 aliphatic heterocycles. The molecule has 1 fully saturated rings. The summed E-state index contributed by atoms with van der Waals surface area (Å²) >= 11 is 0. The molecule has 1 saturated heterocycles. The Labute approximate surface area is 502 Å². The Balaban J connectivity index is 2.13. The molecule has 9 nitrogen and oxygen atoms in total. The highest BCUT2D eigenvalue weighted by molar-refractivity contribution is 5.76. The molecule has 0 aromatic rings. The number of unbranched alkanes of at least 4 members (excludes halogenated alkanes) is 52. The molecule has 7 atom stereocenters. The van der Waals surface area contributed by atoms with Gasteiger partial charge in [-0.3, -0.25) is 4.79 Å². The largest absolute Gasteiger partial charge is 0.394 e. The van der Waals surface area contributed by atoms with Gasteiger partial charge in [-0.2, -0.15) is 0 Å². The molecule has 0 radical (unpaired) electrons. The standard InChI is InChI=1S/C72H139NO8/c1-3-5-7-9-11-13-15-17-19-21-23-25-27-29-31-32-33-34-35-36-37-39-41-43-45-47-49-51-53-55-57-59-61-66(75)65(64-80-72-71(79)70(78)69(77)67(63-74)81-72)73-68(76)62-60-58-56-54-52-50-48-46-44-42-40-38-30-28-26-24-22-20-18-16-14-12-10-8-6-4-2/h51,53,59,61,65-67,69-72,74-75,77-79H,3-50,52,54-58,60,62-64H2,1-2H3,(H,73,76)/b53-51+,61-59+. The van der Waals surface area contributed by atoms with Crippen molar-refractivity contribution in [2.24, 2.45) is 0 Å². The molecule has 0 bridgehead atoms. The smallest absolute Gasteiger partial charge is 0.220 e. The zero-order valence-electron chi connectivity index (χ0n) is 53.8. The molecule has 1 aliphatic rings. The minimum atomic E-state index is -1.57. The van der Waals surface area contributed by atoms with Gasteiger partial charge < -0.3 is 40.3 Å². The van der Waals surface area contributed by atoms with Crippen molar-refractivity contribution in [1.29, 1.82) is 0 Å². The predicted molar refractivity (Wildman–Crippen MR) is 346 cm³/mol. The molecule has 0 aromatic heterocycles. The van der Waals surface area contributed by atoms with Crippen LogP contribution in [0.2, 0.25) is 0 Å². The minimum Gasteiger partial charge on any atom is -0.394 e. The average molecular weight is 1150 g/mol. The summed E-state index contributed by atoms with van der Waals surface area (Å²) in [6, 6.07) is -0.820. The number of hydrogen-bond acceptors (Lipinski definition) is 8. The first-order chi connectivity index (χ1) is 39.8. The highest BCUT2D eigenvalue weighted by atomic mass is 16.7. The summed E-state index contributed by atoms with van der Waals surface area (Å²) in [5, 5.41) is 54.8. The number of hydrogen-bond donors (Lipinski definition) is 6. The number of ether oxygens (including phenoxy) is 2. The van der Waals surface area contributed by atoms with E-state index < -0.39 is 49.5 Å². The number of allylic oxidation sites excluding steroid dienone is 3. The second kappa shape index (κ2) is 61.7. The summed E-state index contributed by atoms with van der Waals surface area (Å²) in [6.45, 7) is 3.83. The van der Waals surface area contributed by atoms with Crippen LogP contribution in [0, 0.1) is 0 Å². The fourth-order valence-corrected chi connectivity index (χ4v) is 11.9. The summed E-state index contributed by atoms with van der Waals surface area (Å²) < 4.78 is 11.3. The lowest BCUT2D eigenvalue weighted by atomic mass is 9.99. The number of carbonyl (C=O) groups excluding carboxylic acids is 1. The Hall–Kier alpha value is -1.33. The first kappa shape index (κ1) is 77.7. The summed E-state index contributed by atoms with van der Waals surface area (Å²) in [4.78, 5) is 13.1. The van der Waals surface area contributed by atoms with E-state index in [1.54, 1.807) is 6.08 Å². The molecule has 0 spiro atoms. The van der Waals surface area contributed by atoms with E-state index in [1.165, 1.54) is 315 Å². The van der Waals surface area contributed by atoms with Gasteiger partial charge in [0.1, 0.15) is 24.4 Å². The maximum atomic E-state index is 13.1. The zero-order valence-corrected chi connectivity index (χ0v) is 53.8. The zero-order chi connectivity index (χ0) is 58.6. The fraction of sp³-hybridized carbons (Fsp3) is 0.931. The van der Waals surface area contributed by atoms with Crippen LogP contribution in [-0.2, 0) is 14.3 Å².